The second-order valence-corrected chi connectivity index (χ2v) is 8.70. The Balaban J connectivity index is 1.50. The molecule has 1 aliphatic rings. The van der Waals surface area contributed by atoms with Gasteiger partial charge in [-0.05, 0) is 54.4 Å². The minimum atomic E-state index is -0.389. The summed E-state index contributed by atoms with van der Waals surface area (Å²) in [5, 5.41) is 21.5. The quantitative estimate of drug-likeness (QED) is 0.481. The second kappa shape index (κ2) is 8.92. The number of nitrogens with one attached hydrogen (secondary N) is 1. The fraction of sp³-hybridized carbons (Fsp3) is 0.208. The van der Waals surface area contributed by atoms with Crippen molar-refractivity contribution in [1.29, 1.82) is 5.41 Å². The van der Waals surface area contributed by atoms with Gasteiger partial charge in [0.1, 0.15) is 22.4 Å². The van der Waals surface area contributed by atoms with E-state index < -0.39 is 0 Å². The lowest BCUT2D eigenvalue weighted by atomic mass is 10.1. The second-order valence-electron chi connectivity index (χ2n) is 7.84. The molecule has 164 valence electrons. The van der Waals surface area contributed by atoms with E-state index in [1.165, 1.54) is 23.5 Å². The number of carbonyl (C=O) groups excluding carboxylic acids is 1. The Hall–Kier alpha value is -3.52. The maximum absolute atomic E-state index is 13.2. The van der Waals surface area contributed by atoms with E-state index in [-0.39, 0.29) is 35.8 Å². The molecule has 6 nitrogen and oxygen atoms in total. The molecule has 0 spiro atoms. The molecule has 0 unspecified atom stereocenters. The first kappa shape index (κ1) is 21.7. The molecular weight excluding hydrogens is 429 g/mol. The van der Waals surface area contributed by atoms with E-state index in [4.69, 9.17) is 10.1 Å². The molecular formula is C24H22FN3O3S. The number of carbonyl (C=O) groups is 1. The number of ether oxygens (including phenoxy) is 1. The number of nitrogens with zero attached hydrogens (tertiary/aromatic N) is 2. The van der Waals surface area contributed by atoms with Crippen LogP contribution in [0.1, 0.15) is 29.2 Å². The van der Waals surface area contributed by atoms with Crippen LogP contribution in [0.2, 0.25) is 0 Å². The number of aromatic nitrogens is 1. The van der Waals surface area contributed by atoms with E-state index in [0.717, 1.165) is 5.56 Å². The highest BCUT2D eigenvalue weighted by molar-refractivity contribution is 7.11. The van der Waals surface area contributed by atoms with Gasteiger partial charge >= 0.3 is 5.97 Å². The van der Waals surface area contributed by atoms with Crippen LogP contribution in [0, 0.1) is 17.1 Å². The van der Waals surface area contributed by atoms with Gasteiger partial charge in [-0.25, -0.2) is 14.2 Å². The molecule has 0 bridgehead atoms. The number of halogens is 1. The van der Waals surface area contributed by atoms with Gasteiger partial charge < -0.3 is 14.7 Å². The zero-order valence-electron chi connectivity index (χ0n) is 17.6. The summed E-state index contributed by atoms with van der Waals surface area (Å²) in [5.41, 5.74) is 2.88. The van der Waals surface area contributed by atoms with Crippen LogP contribution in [0.25, 0.3) is 16.8 Å². The van der Waals surface area contributed by atoms with Crippen molar-refractivity contribution in [2.75, 3.05) is 18.1 Å². The van der Waals surface area contributed by atoms with Crippen molar-refractivity contribution in [2.45, 2.75) is 13.8 Å². The Morgan fingerprint density at radius 3 is 2.56 bits per heavy atom. The van der Waals surface area contributed by atoms with Gasteiger partial charge in [0.15, 0.2) is 0 Å². The van der Waals surface area contributed by atoms with Crippen molar-refractivity contribution < 1.29 is 19.0 Å². The smallest absolute Gasteiger partial charge is 0.338 e. The standard InChI is InChI=1S/C24H22FN3O3S/c1-14(2)12-31-24(30)16-5-9-18(10-6-16)28-11-20(29)21(22(28)26)23-27-19(13-32-23)15-3-7-17(25)8-4-15/h3-10,13-14,26,29H,11-12H2,1-2H3. The number of rotatable bonds is 6. The summed E-state index contributed by atoms with van der Waals surface area (Å²) in [6.45, 7) is 4.43. The first-order valence-electron chi connectivity index (χ1n) is 10.1. The zero-order chi connectivity index (χ0) is 22.8. The Labute approximate surface area is 189 Å². The van der Waals surface area contributed by atoms with Gasteiger partial charge in [0.25, 0.3) is 0 Å². The Bertz CT molecular complexity index is 1180. The minimum Gasteiger partial charge on any atom is -0.510 e. The SMILES string of the molecule is CC(C)COC(=O)c1ccc(N2CC(O)=C(c3nc(-c4ccc(F)cc4)cs3)C2=N)cc1. The molecule has 0 aliphatic carbocycles. The number of aliphatic hydroxyl groups excluding tert-OH is 1. The van der Waals surface area contributed by atoms with Crippen LogP contribution in [-0.2, 0) is 4.74 Å². The summed E-state index contributed by atoms with van der Waals surface area (Å²) in [4.78, 5) is 18.3. The molecule has 2 heterocycles. The van der Waals surface area contributed by atoms with Crippen molar-refractivity contribution in [3.63, 3.8) is 0 Å². The summed E-state index contributed by atoms with van der Waals surface area (Å²) in [7, 11) is 0. The molecule has 4 rings (SSSR count). The molecule has 1 aromatic heterocycles. The number of esters is 1. The number of amidine groups is 1. The van der Waals surface area contributed by atoms with Gasteiger partial charge in [-0.1, -0.05) is 13.8 Å². The molecule has 0 saturated heterocycles. The van der Waals surface area contributed by atoms with Crippen molar-refractivity contribution in [3.05, 3.63) is 76.1 Å². The van der Waals surface area contributed by atoms with E-state index in [0.29, 0.717) is 34.1 Å². The van der Waals surface area contributed by atoms with Gasteiger partial charge in [0, 0.05) is 16.6 Å². The van der Waals surface area contributed by atoms with Crippen LogP contribution in [-0.4, -0.2) is 35.0 Å². The molecule has 1 aliphatic heterocycles. The normalized spacial score (nSPS) is 13.9. The fourth-order valence-electron chi connectivity index (χ4n) is 3.27. The third-order valence-corrected chi connectivity index (χ3v) is 5.78. The summed E-state index contributed by atoms with van der Waals surface area (Å²) >= 11 is 1.31. The summed E-state index contributed by atoms with van der Waals surface area (Å²) in [5.74, 6) is -0.283. The number of hydrogen-bond acceptors (Lipinski definition) is 6. The molecule has 0 atom stereocenters. The molecule has 0 fully saturated rings. The number of benzene rings is 2. The summed E-state index contributed by atoms with van der Waals surface area (Å²) < 4.78 is 18.4. The lowest BCUT2D eigenvalue weighted by molar-refractivity contribution is 0.0459. The van der Waals surface area contributed by atoms with Crippen LogP contribution in [0.3, 0.4) is 0 Å². The minimum absolute atomic E-state index is 0.0513. The highest BCUT2D eigenvalue weighted by Crippen LogP contribution is 2.34. The molecule has 2 aromatic carbocycles. The van der Waals surface area contributed by atoms with E-state index in [9.17, 15) is 14.3 Å². The largest absolute Gasteiger partial charge is 0.510 e. The Kier molecular flexibility index (Phi) is 6.05. The highest BCUT2D eigenvalue weighted by Gasteiger charge is 2.31. The number of aliphatic hydroxyl groups is 1. The van der Waals surface area contributed by atoms with Crippen molar-refractivity contribution >= 4 is 34.4 Å². The van der Waals surface area contributed by atoms with Crippen LogP contribution in [0.15, 0.2) is 59.7 Å². The van der Waals surface area contributed by atoms with Crippen LogP contribution in [0.4, 0.5) is 10.1 Å². The van der Waals surface area contributed by atoms with Crippen molar-refractivity contribution in [2.24, 2.45) is 5.92 Å². The van der Waals surface area contributed by atoms with E-state index in [1.807, 2.05) is 19.2 Å². The number of anilines is 1. The summed E-state index contributed by atoms with van der Waals surface area (Å²) in [6.07, 6.45) is 0. The molecule has 2 N–H and O–H groups in total. The van der Waals surface area contributed by atoms with Crippen LogP contribution < -0.4 is 4.90 Å². The summed E-state index contributed by atoms with van der Waals surface area (Å²) in [6, 6.07) is 12.8. The fourth-order valence-corrected chi connectivity index (χ4v) is 4.17. The molecule has 0 amide bonds. The number of thiazole rings is 1. The first-order valence-corrected chi connectivity index (χ1v) is 11.0. The van der Waals surface area contributed by atoms with Gasteiger partial charge in [-0.3, -0.25) is 5.41 Å². The lowest BCUT2D eigenvalue weighted by Crippen LogP contribution is -2.26. The van der Waals surface area contributed by atoms with Gasteiger partial charge in [0.05, 0.1) is 30.0 Å². The van der Waals surface area contributed by atoms with Gasteiger partial charge in [-0.15, -0.1) is 11.3 Å². The van der Waals surface area contributed by atoms with Crippen LogP contribution >= 0.6 is 11.3 Å². The van der Waals surface area contributed by atoms with Crippen molar-refractivity contribution in [3.8, 4) is 11.3 Å². The third kappa shape index (κ3) is 4.40. The monoisotopic (exact) mass is 451 g/mol. The van der Waals surface area contributed by atoms with Crippen LogP contribution in [0.5, 0.6) is 0 Å². The predicted molar refractivity (Wildman–Crippen MR) is 124 cm³/mol. The highest BCUT2D eigenvalue weighted by atomic mass is 32.1. The zero-order valence-corrected chi connectivity index (χ0v) is 18.4. The predicted octanol–water partition coefficient (Wildman–Crippen LogP) is 5.53. The average Bonchev–Trinajstić information content (AvgIpc) is 3.36. The molecule has 32 heavy (non-hydrogen) atoms. The van der Waals surface area contributed by atoms with E-state index >= 15 is 0 Å². The average molecular weight is 452 g/mol. The van der Waals surface area contributed by atoms with Crippen molar-refractivity contribution in [1.82, 2.24) is 4.98 Å². The Morgan fingerprint density at radius 2 is 1.91 bits per heavy atom. The topological polar surface area (TPSA) is 86.5 Å². The molecule has 0 saturated carbocycles. The van der Waals surface area contributed by atoms with Gasteiger partial charge in [-0.2, -0.15) is 0 Å². The first-order chi connectivity index (χ1) is 15.3. The number of hydrogen-bond donors (Lipinski definition) is 2. The van der Waals surface area contributed by atoms with Gasteiger partial charge in [0.2, 0.25) is 0 Å². The maximum Gasteiger partial charge on any atom is 0.338 e. The molecule has 8 heteroatoms. The maximum atomic E-state index is 13.2. The lowest BCUT2D eigenvalue weighted by Gasteiger charge is -2.19. The van der Waals surface area contributed by atoms with E-state index in [2.05, 4.69) is 4.98 Å². The third-order valence-electron chi connectivity index (χ3n) is 4.92. The Morgan fingerprint density at radius 1 is 1.22 bits per heavy atom. The molecule has 3 aromatic rings. The van der Waals surface area contributed by atoms with E-state index in [1.54, 1.807) is 41.3 Å². The molecule has 0 radical (unpaired) electrons.